The largest absolute Gasteiger partial charge is 0.573 e. The zero-order valence-corrected chi connectivity index (χ0v) is 26.2. The lowest BCUT2D eigenvalue weighted by Gasteiger charge is -2.22. The van der Waals surface area contributed by atoms with E-state index in [1.807, 2.05) is 57.2 Å². The number of nitrogens with one attached hydrogen (secondary N) is 1. The van der Waals surface area contributed by atoms with Gasteiger partial charge in [0, 0.05) is 11.6 Å². The third-order valence-electron chi connectivity index (χ3n) is 7.17. The predicted molar refractivity (Wildman–Crippen MR) is 170 cm³/mol. The molecule has 1 aromatic heterocycles. The number of aliphatic imine (C=N–C) groups is 1. The summed E-state index contributed by atoms with van der Waals surface area (Å²) in [5, 5.41) is 7.67. The van der Waals surface area contributed by atoms with Crippen LogP contribution in [0.25, 0.3) is 17.1 Å². The number of benzene rings is 3. The summed E-state index contributed by atoms with van der Waals surface area (Å²) < 4.78 is 48.1. The van der Waals surface area contributed by atoms with Gasteiger partial charge in [0.05, 0.1) is 30.3 Å². The van der Waals surface area contributed by atoms with Gasteiger partial charge in [-0.05, 0) is 53.8 Å². The Morgan fingerprint density at radius 1 is 1.07 bits per heavy atom. The van der Waals surface area contributed by atoms with E-state index in [0.29, 0.717) is 40.1 Å². The zero-order chi connectivity index (χ0) is 33.0. The summed E-state index contributed by atoms with van der Waals surface area (Å²) >= 11 is 1.21. The predicted octanol–water partition coefficient (Wildman–Crippen LogP) is 7.26. The Labute approximate surface area is 267 Å². The van der Waals surface area contributed by atoms with Crippen molar-refractivity contribution in [3.05, 3.63) is 84.2 Å². The minimum Gasteiger partial charge on any atom is -0.497 e. The first-order valence-corrected chi connectivity index (χ1v) is 15.3. The molecule has 1 atom stereocenters. The molecule has 14 heteroatoms. The second-order valence-corrected chi connectivity index (χ2v) is 11.5. The lowest BCUT2D eigenvalue weighted by atomic mass is 10.00. The molecule has 3 aromatic carbocycles. The van der Waals surface area contributed by atoms with Crippen LogP contribution in [0.15, 0.2) is 78.0 Å². The average molecular weight is 653 g/mol. The fraction of sp³-hybridized carbons (Fsp3) is 0.281. The fourth-order valence-electron chi connectivity index (χ4n) is 4.89. The first-order valence-electron chi connectivity index (χ1n) is 14.4. The number of amidine groups is 1. The molecule has 1 N–H and O–H groups in total. The van der Waals surface area contributed by atoms with E-state index in [9.17, 15) is 22.8 Å². The van der Waals surface area contributed by atoms with Gasteiger partial charge in [0.1, 0.15) is 17.8 Å². The Morgan fingerprint density at radius 3 is 2.39 bits per heavy atom. The number of halogens is 3. The van der Waals surface area contributed by atoms with Crippen LogP contribution >= 0.6 is 11.8 Å². The van der Waals surface area contributed by atoms with Crippen molar-refractivity contribution in [3.8, 4) is 28.6 Å². The number of alkyl halides is 3. The van der Waals surface area contributed by atoms with Crippen LogP contribution in [0, 0.1) is 0 Å². The number of carbonyl (C=O) groups is 2. The minimum atomic E-state index is -4.77. The molecule has 1 aliphatic rings. The number of amides is 3. The highest BCUT2D eigenvalue weighted by atomic mass is 32.2. The van der Waals surface area contributed by atoms with E-state index in [1.165, 1.54) is 51.9 Å². The number of nitrogens with zero attached hydrogens (tertiary/aromatic N) is 5. The van der Waals surface area contributed by atoms with Gasteiger partial charge >= 0.3 is 12.4 Å². The van der Waals surface area contributed by atoms with Crippen molar-refractivity contribution >= 4 is 34.6 Å². The molecule has 0 saturated carbocycles. The average Bonchev–Trinajstić information content (AvgIpc) is 3.66. The SMILES string of the molecule is CCC(NC(=O)N=C1SCC(=O)N1c1cc(OC)ccc1C(C)C)c1ccc(-c2ncn(-c3ccc(OC(F)(F)F)cc3)n2)cc1. The van der Waals surface area contributed by atoms with Gasteiger partial charge in [-0.2, -0.15) is 4.99 Å². The molecule has 240 valence electrons. The van der Waals surface area contributed by atoms with Crippen LogP contribution in [-0.2, 0) is 4.79 Å². The minimum absolute atomic E-state index is 0.124. The monoisotopic (exact) mass is 652 g/mol. The molecule has 0 bridgehead atoms. The van der Waals surface area contributed by atoms with Gasteiger partial charge in [-0.3, -0.25) is 9.69 Å². The summed E-state index contributed by atoms with van der Waals surface area (Å²) in [7, 11) is 1.56. The van der Waals surface area contributed by atoms with Crippen molar-refractivity contribution in [2.75, 3.05) is 17.8 Å². The Kier molecular flexibility index (Phi) is 9.65. The molecule has 10 nitrogen and oxygen atoms in total. The number of hydrogen-bond acceptors (Lipinski definition) is 7. The van der Waals surface area contributed by atoms with E-state index in [1.54, 1.807) is 13.2 Å². The van der Waals surface area contributed by atoms with Gasteiger partial charge in [-0.25, -0.2) is 14.5 Å². The molecular formula is C32H31F3N6O4S. The lowest BCUT2D eigenvalue weighted by molar-refractivity contribution is -0.274. The summed E-state index contributed by atoms with van der Waals surface area (Å²) in [4.78, 5) is 36.1. The topological polar surface area (TPSA) is 111 Å². The zero-order valence-electron chi connectivity index (χ0n) is 25.4. The molecular weight excluding hydrogens is 621 g/mol. The Hall–Kier alpha value is -4.85. The van der Waals surface area contributed by atoms with Crippen LogP contribution in [0.1, 0.15) is 50.3 Å². The van der Waals surface area contributed by atoms with Gasteiger partial charge in [-0.15, -0.1) is 18.3 Å². The molecule has 1 unspecified atom stereocenters. The van der Waals surface area contributed by atoms with Crippen molar-refractivity contribution < 1.29 is 32.2 Å². The second-order valence-electron chi connectivity index (χ2n) is 10.6. The maximum Gasteiger partial charge on any atom is 0.573 e. The van der Waals surface area contributed by atoms with Gasteiger partial charge in [0.2, 0.25) is 5.91 Å². The summed E-state index contributed by atoms with van der Waals surface area (Å²) in [6.45, 7) is 5.99. The van der Waals surface area contributed by atoms with Crippen molar-refractivity contribution in [3.63, 3.8) is 0 Å². The highest BCUT2D eigenvalue weighted by Gasteiger charge is 2.33. The van der Waals surface area contributed by atoms with E-state index < -0.39 is 12.4 Å². The quantitative estimate of drug-likeness (QED) is 0.203. The molecule has 4 aromatic rings. The highest BCUT2D eigenvalue weighted by molar-refractivity contribution is 8.15. The summed E-state index contributed by atoms with van der Waals surface area (Å²) in [5.41, 5.74) is 3.62. The molecule has 46 heavy (non-hydrogen) atoms. The number of rotatable bonds is 9. The summed E-state index contributed by atoms with van der Waals surface area (Å²) in [6, 6.07) is 17.2. The van der Waals surface area contributed by atoms with E-state index in [4.69, 9.17) is 4.74 Å². The molecule has 1 aliphatic heterocycles. The lowest BCUT2D eigenvalue weighted by Crippen LogP contribution is -2.33. The van der Waals surface area contributed by atoms with Crippen molar-refractivity contribution in [2.24, 2.45) is 4.99 Å². The van der Waals surface area contributed by atoms with Crippen molar-refractivity contribution in [2.45, 2.75) is 45.5 Å². The summed E-state index contributed by atoms with van der Waals surface area (Å²) in [5.74, 6) is 0.796. The Bertz CT molecular complexity index is 1740. The van der Waals surface area contributed by atoms with E-state index in [-0.39, 0.29) is 29.4 Å². The van der Waals surface area contributed by atoms with Crippen molar-refractivity contribution in [1.82, 2.24) is 20.1 Å². The third kappa shape index (κ3) is 7.50. The van der Waals surface area contributed by atoms with Crippen LogP contribution in [-0.4, -0.2) is 51.1 Å². The smallest absolute Gasteiger partial charge is 0.497 e. The molecule has 5 rings (SSSR count). The van der Waals surface area contributed by atoms with Crippen LogP contribution in [0.3, 0.4) is 0 Å². The molecule has 0 spiro atoms. The fourth-order valence-corrected chi connectivity index (χ4v) is 5.75. The second kappa shape index (κ2) is 13.6. The molecule has 1 fully saturated rings. The normalized spacial score (nSPS) is 15.0. The molecule has 3 amide bonds. The van der Waals surface area contributed by atoms with E-state index >= 15 is 0 Å². The van der Waals surface area contributed by atoms with Crippen molar-refractivity contribution in [1.29, 1.82) is 0 Å². The number of thioether (sulfide) groups is 1. The van der Waals surface area contributed by atoms with Gasteiger partial charge < -0.3 is 14.8 Å². The summed E-state index contributed by atoms with van der Waals surface area (Å²) in [6.07, 6.45) is -2.73. The molecule has 2 heterocycles. The first kappa shape index (κ1) is 32.5. The maximum absolute atomic E-state index is 13.1. The molecule has 0 aliphatic carbocycles. The number of hydrogen-bond donors (Lipinski definition) is 1. The van der Waals surface area contributed by atoms with Crippen LogP contribution in [0.5, 0.6) is 11.5 Å². The molecule has 1 saturated heterocycles. The number of urea groups is 1. The van der Waals surface area contributed by atoms with Gasteiger partial charge in [0.15, 0.2) is 11.0 Å². The number of aromatic nitrogens is 3. The third-order valence-corrected chi connectivity index (χ3v) is 8.09. The first-order chi connectivity index (χ1) is 22.0. The Balaban J connectivity index is 1.28. The van der Waals surface area contributed by atoms with Crippen LogP contribution in [0.4, 0.5) is 23.7 Å². The van der Waals surface area contributed by atoms with Gasteiger partial charge in [0.25, 0.3) is 0 Å². The standard InChI is InChI=1S/C32H31F3N6O4S/c1-5-26(37-30(43)38-31-41(28(42)17-46-31)27-16-24(44-4)14-15-25(27)19(2)3)20-6-8-21(9-7-20)29-36-18-40(39-29)22-10-12-23(13-11-22)45-32(33,34)35/h6-16,18-19,26H,5,17H2,1-4H3,(H,37,43). The number of ether oxygens (including phenoxy) is 2. The van der Waals surface area contributed by atoms with Crippen LogP contribution in [0.2, 0.25) is 0 Å². The van der Waals surface area contributed by atoms with E-state index in [2.05, 4.69) is 25.1 Å². The maximum atomic E-state index is 13.1. The Morgan fingerprint density at radius 2 is 1.76 bits per heavy atom. The number of carbonyl (C=O) groups excluding carboxylic acids is 2. The highest BCUT2D eigenvalue weighted by Crippen LogP contribution is 2.36. The van der Waals surface area contributed by atoms with Gasteiger partial charge in [-0.1, -0.05) is 62.9 Å². The van der Waals surface area contributed by atoms with Crippen LogP contribution < -0.4 is 19.7 Å². The number of methoxy groups -OCH3 is 1. The van der Waals surface area contributed by atoms with E-state index in [0.717, 1.165) is 11.1 Å². The molecule has 0 radical (unpaired) electrons. The number of anilines is 1.